The van der Waals surface area contributed by atoms with Gasteiger partial charge in [-0.3, -0.25) is 4.79 Å². The van der Waals surface area contributed by atoms with Gasteiger partial charge in [0.1, 0.15) is 0 Å². The first-order chi connectivity index (χ1) is 9.37. The second-order valence-corrected chi connectivity index (χ2v) is 5.76. The maximum absolute atomic E-state index is 12.1. The van der Waals surface area contributed by atoms with E-state index in [0.717, 1.165) is 5.56 Å². The van der Waals surface area contributed by atoms with Gasteiger partial charge in [-0.1, -0.05) is 30.3 Å². The van der Waals surface area contributed by atoms with Crippen molar-refractivity contribution in [2.75, 3.05) is 0 Å². The smallest absolute Gasteiger partial charge is 0.255 e. The third kappa shape index (κ3) is 3.41. The van der Waals surface area contributed by atoms with E-state index in [1.54, 1.807) is 6.20 Å². The van der Waals surface area contributed by atoms with Crippen molar-refractivity contribution < 1.29 is 4.79 Å². The fraction of sp³-hybridized carbons (Fsp3) is 0.312. The number of aromatic nitrogens is 2. The molecular weight excluding hydrogens is 250 g/mol. The molecule has 1 aromatic carbocycles. The highest BCUT2D eigenvalue weighted by Gasteiger charge is 2.18. The van der Waals surface area contributed by atoms with Gasteiger partial charge in [0, 0.05) is 17.3 Å². The van der Waals surface area contributed by atoms with Crippen LogP contribution in [0.25, 0.3) is 11.4 Å². The number of rotatable bonds is 2. The minimum Gasteiger partial charge on any atom is -0.347 e. The predicted molar refractivity (Wildman–Crippen MR) is 79.4 cm³/mol. The Morgan fingerprint density at radius 2 is 1.80 bits per heavy atom. The predicted octanol–water partition coefficient (Wildman–Crippen LogP) is 2.98. The van der Waals surface area contributed by atoms with Crippen molar-refractivity contribution in [2.45, 2.75) is 33.2 Å². The normalized spacial score (nSPS) is 11.2. The van der Waals surface area contributed by atoms with Crippen LogP contribution in [0.4, 0.5) is 0 Å². The maximum atomic E-state index is 12.1. The summed E-state index contributed by atoms with van der Waals surface area (Å²) in [5, 5.41) is 2.92. The Kier molecular flexibility index (Phi) is 3.84. The zero-order chi connectivity index (χ0) is 14.8. The number of hydrogen-bond donors (Lipinski definition) is 1. The molecule has 0 bridgehead atoms. The topological polar surface area (TPSA) is 54.9 Å². The van der Waals surface area contributed by atoms with Gasteiger partial charge >= 0.3 is 0 Å². The molecule has 1 heterocycles. The van der Waals surface area contributed by atoms with E-state index in [4.69, 9.17) is 0 Å². The molecule has 1 aromatic heterocycles. The Bertz CT molecular complexity index is 615. The van der Waals surface area contributed by atoms with Crippen molar-refractivity contribution >= 4 is 5.91 Å². The van der Waals surface area contributed by atoms with E-state index in [0.29, 0.717) is 17.1 Å². The molecule has 2 aromatic rings. The summed E-state index contributed by atoms with van der Waals surface area (Å²) in [6.07, 6.45) is 1.59. The summed E-state index contributed by atoms with van der Waals surface area (Å²) in [6, 6.07) is 9.72. The van der Waals surface area contributed by atoms with Crippen LogP contribution in [-0.4, -0.2) is 21.4 Å². The van der Waals surface area contributed by atoms with Crippen molar-refractivity contribution in [2.24, 2.45) is 0 Å². The molecule has 0 aliphatic carbocycles. The van der Waals surface area contributed by atoms with Gasteiger partial charge in [-0.15, -0.1) is 0 Å². The van der Waals surface area contributed by atoms with E-state index in [9.17, 15) is 4.79 Å². The molecule has 4 heteroatoms. The van der Waals surface area contributed by atoms with E-state index >= 15 is 0 Å². The lowest BCUT2D eigenvalue weighted by Gasteiger charge is -2.20. The summed E-state index contributed by atoms with van der Waals surface area (Å²) < 4.78 is 0. The highest BCUT2D eigenvalue weighted by atomic mass is 16.1. The van der Waals surface area contributed by atoms with Gasteiger partial charge in [-0.2, -0.15) is 0 Å². The van der Waals surface area contributed by atoms with E-state index in [-0.39, 0.29) is 11.4 Å². The van der Waals surface area contributed by atoms with Crippen LogP contribution in [0.1, 0.15) is 36.8 Å². The molecule has 0 fully saturated rings. The summed E-state index contributed by atoms with van der Waals surface area (Å²) in [7, 11) is 0. The van der Waals surface area contributed by atoms with Gasteiger partial charge in [0.25, 0.3) is 5.91 Å². The lowest BCUT2D eigenvalue weighted by Crippen LogP contribution is -2.41. The Balaban J connectivity index is 2.29. The quantitative estimate of drug-likeness (QED) is 0.912. The number of amides is 1. The molecule has 1 amide bonds. The van der Waals surface area contributed by atoms with Crippen LogP contribution in [0.3, 0.4) is 0 Å². The molecule has 104 valence electrons. The van der Waals surface area contributed by atoms with Crippen LogP contribution in [0.15, 0.2) is 36.5 Å². The molecule has 0 spiro atoms. The molecular formula is C16H19N3O. The molecule has 2 rings (SSSR count). The Morgan fingerprint density at radius 1 is 1.15 bits per heavy atom. The molecule has 0 saturated carbocycles. The van der Waals surface area contributed by atoms with Crippen LogP contribution in [0, 0.1) is 6.92 Å². The van der Waals surface area contributed by atoms with Gasteiger partial charge in [0.15, 0.2) is 5.82 Å². The van der Waals surface area contributed by atoms with Gasteiger partial charge in [0.05, 0.1) is 11.3 Å². The zero-order valence-electron chi connectivity index (χ0n) is 12.3. The number of benzene rings is 1. The van der Waals surface area contributed by atoms with Crippen molar-refractivity contribution in [3.05, 3.63) is 47.8 Å². The number of nitrogens with one attached hydrogen (secondary N) is 1. The number of carbonyl (C=O) groups is 1. The third-order valence-corrected chi connectivity index (χ3v) is 2.74. The summed E-state index contributed by atoms with van der Waals surface area (Å²) in [6.45, 7) is 7.66. The Labute approximate surface area is 119 Å². The zero-order valence-corrected chi connectivity index (χ0v) is 12.3. The minimum absolute atomic E-state index is 0.144. The lowest BCUT2D eigenvalue weighted by molar-refractivity contribution is 0.0918. The molecule has 0 unspecified atom stereocenters. The Morgan fingerprint density at radius 3 is 2.35 bits per heavy atom. The molecule has 0 radical (unpaired) electrons. The molecule has 4 nitrogen and oxygen atoms in total. The highest BCUT2D eigenvalue weighted by Crippen LogP contribution is 2.16. The second kappa shape index (κ2) is 5.41. The third-order valence-electron chi connectivity index (χ3n) is 2.74. The van der Waals surface area contributed by atoms with Crippen LogP contribution in [0.5, 0.6) is 0 Å². The Hall–Kier alpha value is -2.23. The van der Waals surface area contributed by atoms with Crippen LogP contribution < -0.4 is 5.32 Å². The van der Waals surface area contributed by atoms with Crippen LogP contribution in [-0.2, 0) is 0 Å². The van der Waals surface area contributed by atoms with Gasteiger partial charge in [-0.05, 0) is 27.7 Å². The molecule has 0 aliphatic rings. The molecule has 0 aliphatic heterocycles. The average molecular weight is 269 g/mol. The lowest BCUT2D eigenvalue weighted by atomic mass is 10.1. The number of nitrogens with zero attached hydrogens (tertiary/aromatic N) is 2. The molecule has 1 N–H and O–H groups in total. The summed E-state index contributed by atoms with van der Waals surface area (Å²) in [5.74, 6) is 0.491. The van der Waals surface area contributed by atoms with Gasteiger partial charge < -0.3 is 5.32 Å². The summed E-state index contributed by atoms with van der Waals surface area (Å²) >= 11 is 0. The largest absolute Gasteiger partial charge is 0.347 e. The van der Waals surface area contributed by atoms with Gasteiger partial charge in [-0.25, -0.2) is 9.97 Å². The van der Waals surface area contributed by atoms with E-state index < -0.39 is 0 Å². The maximum Gasteiger partial charge on any atom is 0.255 e. The summed E-state index contributed by atoms with van der Waals surface area (Å²) in [4.78, 5) is 20.8. The van der Waals surface area contributed by atoms with Crippen LogP contribution in [0.2, 0.25) is 0 Å². The average Bonchev–Trinajstić information content (AvgIpc) is 2.37. The van der Waals surface area contributed by atoms with E-state index in [1.807, 2.05) is 58.0 Å². The molecule has 0 saturated heterocycles. The first-order valence-electron chi connectivity index (χ1n) is 6.58. The monoisotopic (exact) mass is 269 g/mol. The standard InChI is InChI=1S/C16H19N3O/c1-11-13(15(20)19-16(2,3)4)10-17-14(18-11)12-8-6-5-7-9-12/h5-10H,1-4H3,(H,19,20). The van der Waals surface area contributed by atoms with Crippen molar-refractivity contribution in [1.82, 2.24) is 15.3 Å². The summed E-state index contributed by atoms with van der Waals surface area (Å²) in [5.41, 5.74) is 1.86. The first kappa shape index (κ1) is 14.2. The fourth-order valence-electron chi connectivity index (χ4n) is 1.82. The number of aryl methyl sites for hydroxylation is 1. The van der Waals surface area contributed by atoms with E-state index in [2.05, 4.69) is 15.3 Å². The molecule has 20 heavy (non-hydrogen) atoms. The number of hydrogen-bond acceptors (Lipinski definition) is 3. The SMILES string of the molecule is Cc1nc(-c2ccccc2)ncc1C(=O)NC(C)(C)C. The van der Waals surface area contributed by atoms with Crippen molar-refractivity contribution in [1.29, 1.82) is 0 Å². The van der Waals surface area contributed by atoms with Gasteiger partial charge in [0.2, 0.25) is 0 Å². The first-order valence-corrected chi connectivity index (χ1v) is 6.58. The van der Waals surface area contributed by atoms with Crippen LogP contribution >= 0.6 is 0 Å². The van der Waals surface area contributed by atoms with Crippen molar-refractivity contribution in [3.8, 4) is 11.4 Å². The minimum atomic E-state index is -0.276. The highest BCUT2D eigenvalue weighted by molar-refractivity contribution is 5.95. The number of carbonyl (C=O) groups excluding carboxylic acids is 1. The second-order valence-electron chi connectivity index (χ2n) is 5.76. The molecule has 0 atom stereocenters. The van der Waals surface area contributed by atoms with Crippen molar-refractivity contribution in [3.63, 3.8) is 0 Å². The fourth-order valence-corrected chi connectivity index (χ4v) is 1.82. The van der Waals surface area contributed by atoms with E-state index in [1.165, 1.54) is 0 Å².